The molecule has 0 spiro atoms. The number of carboxylic acids is 1. The van der Waals surface area contributed by atoms with Crippen molar-refractivity contribution in [2.24, 2.45) is 18.1 Å². The third-order valence-corrected chi connectivity index (χ3v) is 6.63. The van der Waals surface area contributed by atoms with E-state index in [9.17, 15) is 15.1 Å². The summed E-state index contributed by atoms with van der Waals surface area (Å²) in [7, 11) is 2.09. The monoisotopic (exact) mass is 418 g/mol. The molecule has 31 heavy (non-hydrogen) atoms. The van der Waals surface area contributed by atoms with Gasteiger partial charge in [-0.15, -0.1) is 0 Å². The summed E-state index contributed by atoms with van der Waals surface area (Å²) in [5.41, 5.74) is 6.39. The van der Waals surface area contributed by atoms with Crippen LogP contribution in [-0.4, -0.2) is 26.6 Å². The Labute approximate surface area is 183 Å². The summed E-state index contributed by atoms with van der Waals surface area (Å²) in [6, 6.07) is 16.2. The Bertz CT molecular complexity index is 1100. The molecule has 5 heteroatoms. The Hall–Kier alpha value is -3.08. The minimum Gasteiger partial charge on any atom is -0.481 e. The van der Waals surface area contributed by atoms with Crippen LogP contribution in [0.15, 0.2) is 53.7 Å². The highest BCUT2D eigenvalue weighted by atomic mass is 16.4. The average Bonchev–Trinajstić information content (AvgIpc) is 3.08. The van der Waals surface area contributed by atoms with Crippen molar-refractivity contribution in [1.29, 1.82) is 0 Å². The highest BCUT2D eigenvalue weighted by Gasteiger charge is 2.23. The molecule has 0 radical (unpaired) electrons. The smallest absolute Gasteiger partial charge is 0.306 e. The molecule has 1 atom stereocenters. The molecular formula is C26H30N2O3. The first-order valence-electron chi connectivity index (χ1n) is 11.2. The minimum absolute atomic E-state index is 0.219. The van der Waals surface area contributed by atoms with Gasteiger partial charge in [-0.1, -0.05) is 47.6 Å². The lowest BCUT2D eigenvalue weighted by Gasteiger charge is -2.14. The van der Waals surface area contributed by atoms with Crippen LogP contribution in [0.1, 0.15) is 54.5 Å². The van der Waals surface area contributed by atoms with Gasteiger partial charge in [0.05, 0.1) is 11.6 Å². The molecule has 0 fully saturated rings. The van der Waals surface area contributed by atoms with Crippen LogP contribution in [0.4, 0.5) is 0 Å². The van der Waals surface area contributed by atoms with E-state index in [0.717, 1.165) is 36.8 Å². The molecule has 1 heterocycles. The first-order chi connectivity index (χ1) is 15.1. The second-order valence-electron chi connectivity index (χ2n) is 8.59. The highest BCUT2D eigenvalue weighted by molar-refractivity contribution is 6.04. The summed E-state index contributed by atoms with van der Waals surface area (Å²) in [6.45, 7) is 0. The SMILES string of the molecule is Cn1c2c(c3ccc(/C(CC(CCCc4ccccc4)C(=O)O)=N\O)cc31)CCCC2. The molecule has 162 valence electrons. The second-order valence-corrected chi connectivity index (χ2v) is 8.59. The van der Waals surface area contributed by atoms with Crippen LogP contribution in [-0.2, 0) is 31.1 Å². The van der Waals surface area contributed by atoms with E-state index in [-0.39, 0.29) is 6.42 Å². The van der Waals surface area contributed by atoms with Crippen molar-refractivity contribution >= 4 is 22.6 Å². The van der Waals surface area contributed by atoms with Crippen molar-refractivity contribution in [3.05, 3.63) is 70.9 Å². The summed E-state index contributed by atoms with van der Waals surface area (Å²) >= 11 is 0. The maximum Gasteiger partial charge on any atom is 0.306 e. The number of benzene rings is 2. The minimum atomic E-state index is -0.843. The van der Waals surface area contributed by atoms with E-state index >= 15 is 0 Å². The number of carboxylic acid groups (broad SMARTS) is 1. The number of aromatic nitrogens is 1. The molecule has 1 aliphatic carbocycles. The van der Waals surface area contributed by atoms with E-state index < -0.39 is 11.9 Å². The highest BCUT2D eigenvalue weighted by Crippen LogP contribution is 2.32. The fourth-order valence-electron chi connectivity index (χ4n) is 4.90. The molecule has 0 bridgehead atoms. The Morgan fingerprint density at radius 1 is 1.13 bits per heavy atom. The van der Waals surface area contributed by atoms with Gasteiger partial charge in [-0.05, 0) is 62.1 Å². The van der Waals surface area contributed by atoms with E-state index in [2.05, 4.69) is 35.0 Å². The van der Waals surface area contributed by atoms with E-state index in [1.54, 1.807) is 0 Å². The molecule has 5 nitrogen and oxygen atoms in total. The number of carbonyl (C=O) groups is 1. The van der Waals surface area contributed by atoms with E-state index in [1.807, 2.05) is 30.3 Å². The number of hydrogen-bond acceptors (Lipinski definition) is 3. The molecule has 2 N–H and O–H groups in total. The van der Waals surface area contributed by atoms with Crippen LogP contribution in [0.5, 0.6) is 0 Å². The van der Waals surface area contributed by atoms with E-state index in [1.165, 1.54) is 35.0 Å². The summed E-state index contributed by atoms with van der Waals surface area (Å²) in [4.78, 5) is 11.9. The zero-order valence-corrected chi connectivity index (χ0v) is 18.1. The maximum absolute atomic E-state index is 11.9. The van der Waals surface area contributed by atoms with Crippen molar-refractivity contribution in [2.75, 3.05) is 0 Å². The number of hydrogen-bond donors (Lipinski definition) is 2. The van der Waals surface area contributed by atoms with Crippen molar-refractivity contribution in [2.45, 2.75) is 51.4 Å². The number of nitrogens with zero attached hydrogens (tertiary/aromatic N) is 2. The number of aryl methyl sites for hydroxylation is 3. The second kappa shape index (κ2) is 9.38. The standard InChI is InChI=1S/C26H30N2O3/c1-28-24-13-6-5-12-21(24)22-15-14-19(17-25(22)28)23(27-31)16-20(26(29)30)11-7-10-18-8-3-2-4-9-18/h2-4,8-9,14-15,17,20,31H,5-7,10-13,16H2,1H3,(H,29,30)/b27-23-. The molecule has 1 unspecified atom stereocenters. The molecular weight excluding hydrogens is 388 g/mol. The average molecular weight is 419 g/mol. The van der Waals surface area contributed by atoms with Crippen molar-refractivity contribution in [1.82, 2.24) is 4.57 Å². The fourth-order valence-corrected chi connectivity index (χ4v) is 4.90. The predicted molar refractivity (Wildman–Crippen MR) is 123 cm³/mol. The topological polar surface area (TPSA) is 74.8 Å². The zero-order valence-electron chi connectivity index (χ0n) is 18.1. The van der Waals surface area contributed by atoms with Gasteiger partial charge >= 0.3 is 5.97 Å². The van der Waals surface area contributed by atoms with Crippen LogP contribution in [0.3, 0.4) is 0 Å². The first kappa shape index (κ1) is 21.2. The van der Waals surface area contributed by atoms with Gasteiger partial charge in [0.2, 0.25) is 0 Å². The van der Waals surface area contributed by atoms with Crippen molar-refractivity contribution in [3.8, 4) is 0 Å². The summed E-state index contributed by atoms with van der Waals surface area (Å²) in [6.07, 6.45) is 7.03. The largest absolute Gasteiger partial charge is 0.481 e. The Balaban J connectivity index is 1.51. The zero-order chi connectivity index (χ0) is 21.8. The first-order valence-corrected chi connectivity index (χ1v) is 11.2. The van der Waals surface area contributed by atoms with Gasteiger partial charge in [0, 0.05) is 35.6 Å². The van der Waals surface area contributed by atoms with Crippen molar-refractivity contribution < 1.29 is 15.1 Å². The molecule has 0 saturated heterocycles. The van der Waals surface area contributed by atoms with Crippen LogP contribution in [0.2, 0.25) is 0 Å². The molecule has 1 aromatic heterocycles. The van der Waals surface area contributed by atoms with Gasteiger partial charge in [0.15, 0.2) is 0 Å². The van der Waals surface area contributed by atoms with Crippen LogP contribution >= 0.6 is 0 Å². The van der Waals surface area contributed by atoms with E-state index in [0.29, 0.717) is 12.1 Å². The lowest BCUT2D eigenvalue weighted by Crippen LogP contribution is -2.19. The summed E-state index contributed by atoms with van der Waals surface area (Å²) < 4.78 is 2.25. The van der Waals surface area contributed by atoms with Crippen molar-refractivity contribution in [3.63, 3.8) is 0 Å². The Kier molecular flexibility index (Phi) is 6.40. The van der Waals surface area contributed by atoms with E-state index in [4.69, 9.17) is 0 Å². The number of aliphatic carboxylic acids is 1. The third kappa shape index (κ3) is 4.50. The molecule has 4 rings (SSSR count). The van der Waals surface area contributed by atoms with Gasteiger partial charge in [0.1, 0.15) is 0 Å². The van der Waals surface area contributed by atoms with Gasteiger partial charge < -0.3 is 14.9 Å². The number of fused-ring (bicyclic) bond motifs is 3. The molecule has 0 amide bonds. The number of oxime groups is 1. The van der Waals surface area contributed by atoms with Crippen LogP contribution < -0.4 is 0 Å². The Morgan fingerprint density at radius 3 is 2.65 bits per heavy atom. The quantitative estimate of drug-likeness (QED) is 0.294. The predicted octanol–water partition coefficient (Wildman–Crippen LogP) is 5.35. The molecule has 3 aromatic rings. The van der Waals surface area contributed by atoms with Crippen LogP contribution in [0.25, 0.3) is 10.9 Å². The summed E-state index contributed by atoms with van der Waals surface area (Å²) in [5, 5.41) is 24.2. The Morgan fingerprint density at radius 2 is 1.90 bits per heavy atom. The van der Waals surface area contributed by atoms with Gasteiger partial charge in [-0.3, -0.25) is 4.79 Å². The number of rotatable bonds is 8. The normalized spacial score (nSPS) is 15.1. The molecule has 0 aliphatic heterocycles. The third-order valence-electron chi connectivity index (χ3n) is 6.63. The molecule has 0 saturated carbocycles. The lowest BCUT2D eigenvalue weighted by molar-refractivity contribution is -0.141. The van der Waals surface area contributed by atoms with Gasteiger partial charge in [-0.2, -0.15) is 0 Å². The molecule has 1 aliphatic rings. The maximum atomic E-state index is 11.9. The van der Waals surface area contributed by atoms with Gasteiger partial charge in [-0.25, -0.2) is 0 Å². The summed E-state index contributed by atoms with van der Waals surface area (Å²) in [5.74, 6) is -1.42. The fraction of sp³-hybridized carbons (Fsp3) is 0.385. The van der Waals surface area contributed by atoms with Crippen LogP contribution in [0, 0.1) is 5.92 Å². The van der Waals surface area contributed by atoms with Gasteiger partial charge in [0.25, 0.3) is 0 Å². The lowest BCUT2D eigenvalue weighted by atomic mass is 9.91. The molecule has 2 aromatic carbocycles.